The first-order chi connectivity index (χ1) is 9.17. The summed E-state index contributed by atoms with van der Waals surface area (Å²) in [5.74, 6) is 1.61. The highest BCUT2D eigenvalue weighted by molar-refractivity contribution is 9.10. The third-order valence-electron chi connectivity index (χ3n) is 3.66. The Hall–Kier alpha value is -0.540. The normalized spacial score (nSPS) is 12.7. The number of hydrogen-bond donors (Lipinski definition) is 1. The zero-order chi connectivity index (χ0) is 14.3. The van der Waals surface area contributed by atoms with E-state index >= 15 is 0 Å². The largest absolute Gasteiger partial charge is 0.496 e. The van der Waals surface area contributed by atoms with Crippen LogP contribution in [0.15, 0.2) is 22.7 Å². The molecule has 0 aromatic heterocycles. The van der Waals surface area contributed by atoms with Gasteiger partial charge in [0.2, 0.25) is 0 Å². The van der Waals surface area contributed by atoms with Crippen LogP contribution in [0.5, 0.6) is 5.75 Å². The van der Waals surface area contributed by atoms with Crippen molar-refractivity contribution in [3.8, 4) is 5.75 Å². The Morgan fingerprint density at radius 1 is 1.21 bits per heavy atom. The molecule has 0 radical (unpaired) electrons. The van der Waals surface area contributed by atoms with Crippen molar-refractivity contribution in [3.63, 3.8) is 0 Å². The number of nitrogens with one attached hydrogen (secondary N) is 1. The first kappa shape index (κ1) is 16.5. The van der Waals surface area contributed by atoms with Crippen molar-refractivity contribution in [1.82, 2.24) is 5.32 Å². The molecule has 2 nitrogen and oxygen atoms in total. The van der Waals surface area contributed by atoms with Gasteiger partial charge in [-0.15, -0.1) is 0 Å². The predicted molar refractivity (Wildman–Crippen MR) is 85.8 cm³/mol. The maximum atomic E-state index is 5.56. The standard InChI is InChI=1S/C16H26BrNO/c1-5-10-18-16(12(6-2)7-3)14-9-8-13(17)11-15(14)19-4/h8-9,11-12,16,18H,5-7,10H2,1-4H3. The SMILES string of the molecule is CCCNC(c1ccc(Br)cc1OC)C(CC)CC. The van der Waals surface area contributed by atoms with Crippen LogP contribution in [0.2, 0.25) is 0 Å². The average molecular weight is 328 g/mol. The van der Waals surface area contributed by atoms with E-state index in [1.54, 1.807) is 7.11 Å². The fourth-order valence-electron chi connectivity index (χ4n) is 2.53. The zero-order valence-corrected chi connectivity index (χ0v) is 14.1. The molecule has 108 valence electrons. The zero-order valence-electron chi connectivity index (χ0n) is 12.5. The first-order valence-electron chi connectivity index (χ1n) is 7.24. The van der Waals surface area contributed by atoms with Gasteiger partial charge in [0.1, 0.15) is 5.75 Å². The number of rotatable bonds is 8. The Morgan fingerprint density at radius 2 is 1.89 bits per heavy atom. The third-order valence-corrected chi connectivity index (χ3v) is 4.16. The highest BCUT2D eigenvalue weighted by atomic mass is 79.9. The molecule has 1 atom stereocenters. The van der Waals surface area contributed by atoms with Crippen molar-refractivity contribution in [2.24, 2.45) is 5.92 Å². The van der Waals surface area contributed by atoms with Gasteiger partial charge in [-0.3, -0.25) is 0 Å². The van der Waals surface area contributed by atoms with E-state index in [9.17, 15) is 0 Å². The molecule has 1 unspecified atom stereocenters. The molecular formula is C16H26BrNO. The minimum absolute atomic E-state index is 0.373. The third kappa shape index (κ3) is 4.50. The van der Waals surface area contributed by atoms with Crippen LogP contribution < -0.4 is 10.1 Å². The Labute approximate surface area is 126 Å². The molecule has 1 rings (SSSR count). The van der Waals surface area contributed by atoms with E-state index < -0.39 is 0 Å². The number of ether oxygens (including phenoxy) is 1. The maximum Gasteiger partial charge on any atom is 0.124 e. The fourth-order valence-corrected chi connectivity index (χ4v) is 2.87. The Balaban J connectivity index is 3.08. The van der Waals surface area contributed by atoms with Gasteiger partial charge in [-0.25, -0.2) is 0 Å². The summed E-state index contributed by atoms with van der Waals surface area (Å²) in [4.78, 5) is 0. The smallest absolute Gasteiger partial charge is 0.124 e. The number of benzene rings is 1. The lowest BCUT2D eigenvalue weighted by Gasteiger charge is -2.28. The highest BCUT2D eigenvalue weighted by Crippen LogP contribution is 2.35. The molecule has 0 bridgehead atoms. The molecule has 1 aromatic rings. The van der Waals surface area contributed by atoms with Crippen molar-refractivity contribution in [3.05, 3.63) is 28.2 Å². The molecule has 0 fully saturated rings. The van der Waals surface area contributed by atoms with Crippen LogP contribution in [-0.2, 0) is 0 Å². The van der Waals surface area contributed by atoms with Crippen LogP contribution in [0.1, 0.15) is 51.6 Å². The second kappa shape index (κ2) is 8.60. The molecule has 0 amide bonds. The second-order valence-corrected chi connectivity index (χ2v) is 5.81. The Bertz CT molecular complexity index is 377. The predicted octanol–water partition coefficient (Wildman–Crippen LogP) is 4.93. The first-order valence-corrected chi connectivity index (χ1v) is 8.03. The van der Waals surface area contributed by atoms with E-state index in [-0.39, 0.29) is 0 Å². The van der Waals surface area contributed by atoms with E-state index in [1.165, 1.54) is 18.4 Å². The van der Waals surface area contributed by atoms with E-state index in [1.807, 2.05) is 0 Å². The minimum Gasteiger partial charge on any atom is -0.496 e. The van der Waals surface area contributed by atoms with Gasteiger partial charge in [0.15, 0.2) is 0 Å². The highest BCUT2D eigenvalue weighted by Gasteiger charge is 2.22. The molecule has 0 saturated heterocycles. The second-order valence-electron chi connectivity index (χ2n) is 4.89. The number of hydrogen-bond acceptors (Lipinski definition) is 2. The number of methoxy groups -OCH3 is 1. The lowest BCUT2D eigenvalue weighted by molar-refractivity contribution is 0.325. The minimum atomic E-state index is 0.373. The van der Waals surface area contributed by atoms with Gasteiger partial charge in [0.25, 0.3) is 0 Å². The monoisotopic (exact) mass is 327 g/mol. The molecule has 0 aliphatic heterocycles. The van der Waals surface area contributed by atoms with Gasteiger partial charge in [0, 0.05) is 16.1 Å². The van der Waals surface area contributed by atoms with Gasteiger partial charge in [-0.2, -0.15) is 0 Å². The molecule has 1 N–H and O–H groups in total. The quantitative estimate of drug-likeness (QED) is 0.730. The molecule has 3 heteroatoms. The van der Waals surface area contributed by atoms with Crippen molar-refractivity contribution in [2.45, 2.75) is 46.1 Å². The average Bonchev–Trinajstić information content (AvgIpc) is 2.43. The number of halogens is 1. The van der Waals surface area contributed by atoms with Gasteiger partial charge < -0.3 is 10.1 Å². The molecule has 0 heterocycles. The van der Waals surface area contributed by atoms with Gasteiger partial charge in [-0.05, 0) is 31.0 Å². The summed E-state index contributed by atoms with van der Waals surface area (Å²) < 4.78 is 6.62. The summed E-state index contributed by atoms with van der Waals surface area (Å²) in [6, 6.07) is 6.70. The van der Waals surface area contributed by atoms with Crippen LogP contribution in [-0.4, -0.2) is 13.7 Å². The molecule has 19 heavy (non-hydrogen) atoms. The summed E-state index contributed by atoms with van der Waals surface area (Å²) in [7, 11) is 1.75. The summed E-state index contributed by atoms with van der Waals surface area (Å²) in [5, 5.41) is 3.69. The lowest BCUT2D eigenvalue weighted by atomic mass is 9.88. The summed E-state index contributed by atoms with van der Waals surface area (Å²) >= 11 is 3.51. The molecule has 0 saturated carbocycles. The van der Waals surface area contributed by atoms with E-state index in [4.69, 9.17) is 4.74 Å². The molecule has 0 spiro atoms. The van der Waals surface area contributed by atoms with Crippen LogP contribution >= 0.6 is 15.9 Å². The van der Waals surface area contributed by atoms with Gasteiger partial charge in [-0.1, -0.05) is 55.6 Å². The summed E-state index contributed by atoms with van der Waals surface area (Å²) in [6.45, 7) is 7.77. The Kier molecular flexibility index (Phi) is 7.47. The van der Waals surface area contributed by atoms with Crippen molar-refractivity contribution >= 4 is 15.9 Å². The van der Waals surface area contributed by atoms with Crippen molar-refractivity contribution < 1.29 is 4.74 Å². The van der Waals surface area contributed by atoms with Gasteiger partial charge >= 0.3 is 0 Å². The Morgan fingerprint density at radius 3 is 2.42 bits per heavy atom. The molecule has 0 aliphatic carbocycles. The van der Waals surface area contributed by atoms with E-state index in [2.05, 4.69) is 60.2 Å². The molecular weight excluding hydrogens is 302 g/mol. The lowest BCUT2D eigenvalue weighted by Crippen LogP contribution is -2.29. The van der Waals surface area contributed by atoms with Crippen LogP contribution in [0, 0.1) is 5.92 Å². The van der Waals surface area contributed by atoms with Gasteiger partial charge in [0.05, 0.1) is 7.11 Å². The van der Waals surface area contributed by atoms with E-state index in [0.29, 0.717) is 12.0 Å². The van der Waals surface area contributed by atoms with Crippen molar-refractivity contribution in [2.75, 3.05) is 13.7 Å². The van der Waals surface area contributed by atoms with Crippen molar-refractivity contribution in [1.29, 1.82) is 0 Å². The van der Waals surface area contributed by atoms with Crippen LogP contribution in [0.25, 0.3) is 0 Å². The van der Waals surface area contributed by atoms with E-state index in [0.717, 1.165) is 23.2 Å². The topological polar surface area (TPSA) is 21.3 Å². The summed E-state index contributed by atoms with van der Waals surface area (Å²) in [6.07, 6.45) is 3.50. The molecule has 1 aromatic carbocycles. The summed E-state index contributed by atoms with van der Waals surface area (Å²) in [5.41, 5.74) is 1.27. The fraction of sp³-hybridized carbons (Fsp3) is 0.625. The van der Waals surface area contributed by atoms with Crippen LogP contribution in [0.4, 0.5) is 0 Å². The van der Waals surface area contributed by atoms with Crippen LogP contribution in [0.3, 0.4) is 0 Å². The molecule has 0 aliphatic rings. The maximum absolute atomic E-state index is 5.56.